The van der Waals surface area contributed by atoms with Gasteiger partial charge in [0.1, 0.15) is 5.82 Å². The SMILES string of the molecule is CCCCC[C@H]1CC[C@H](c2ccc(C(F)(F)OCCc3ccc(OC(F)(F)F)c(F)c3)c(F)c2)CC1. The Hall–Kier alpha value is -2.29. The van der Waals surface area contributed by atoms with Crippen molar-refractivity contribution in [3.05, 3.63) is 64.7 Å². The van der Waals surface area contributed by atoms with Crippen molar-refractivity contribution < 1.29 is 40.2 Å². The van der Waals surface area contributed by atoms with Gasteiger partial charge in [-0.1, -0.05) is 44.7 Å². The lowest BCUT2D eigenvalue weighted by atomic mass is 9.77. The van der Waals surface area contributed by atoms with Crippen LogP contribution in [0.15, 0.2) is 36.4 Å². The largest absolute Gasteiger partial charge is 0.573 e. The lowest BCUT2D eigenvalue weighted by molar-refractivity contribution is -0.275. The summed E-state index contributed by atoms with van der Waals surface area (Å²) in [4.78, 5) is 0. The summed E-state index contributed by atoms with van der Waals surface area (Å²) in [5.41, 5.74) is -0.0609. The van der Waals surface area contributed by atoms with Crippen LogP contribution >= 0.6 is 0 Å². The topological polar surface area (TPSA) is 18.5 Å². The van der Waals surface area contributed by atoms with Gasteiger partial charge >= 0.3 is 12.5 Å². The van der Waals surface area contributed by atoms with E-state index in [-0.39, 0.29) is 17.9 Å². The van der Waals surface area contributed by atoms with E-state index in [1.165, 1.54) is 31.7 Å². The van der Waals surface area contributed by atoms with Crippen molar-refractivity contribution in [3.63, 3.8) is 0 Å². The molecule has 0 amide bonds. The third kappa shape index (κ3) is 8.11. The first kappa shape index (κ1) is 28.3. The van der Waals surface area contributed by atoms with Gasteiger partial charge in [-0.15, -0.1) is 13.2 Å². The van der Waals surface area contributed by atoms with E-state index >= 15 is 0 Å². The highest BCUT2D eigenvalue weighted by molar-refractivity contribution is 5.30. The smallest absolute Gasteiger partial charge is 0.403 e. The lowest BCUT2D eigenvalue weighted by Crippen LogP contribution is -2.22. The van der Waals surface area contributed by atoms with Gasteiger partial charge in [-0.05, 0) is 79.3 Å². The molecule has 0 spiro atoms. The molecule has 0 atom stereocenters. The van der Waals surface area contributed by atoms with E-state index in [0.717, 1.165) is 56.0 Å². The zero-order valence-electron chi connectivity index (χ0n) is 20.2. The van der Waals surface area contributed by atoms with Gasteiger partial charge < -0.3 is 9.47 Å². The van der Waals surface area contributed by atoms with Crippen molar-refractivity contribution in [3.8, 4) is 5.75 Å². The lowest BCUT2D eigenvalue weighted by Gasteiger charge is -2.29. The maximum absolute atomic E-state index is 14.7. The monoisotopic (exact) mass is 520 g/mol. The molecule has 0 N–H and O–H groups in total. The summed E-state index contributed by atoms with van der Waals surface area (Å²) in [7, 11) is 0. The predicted molar refractivity (Wildman–Crippen MR) is 122 cm³/mol. The molecule has 0 bridgehead atoms. The van der Waals surface area contributed by atoms with Gasteiger partial charge in [-0.25, -0.2) is 8.78 Å². The summed E-state index contributed by atoms with van der Waals surface area (Å²) in [5, 5.41) is 0. The Balaban J connectivity index is 1.53. The van der Waals surface area contributed by atoms with Crippen LogP contribution in [0.25, 0.3) is 0 Å². The standard InChI is InChI=1S/C27H31F7O2/c1-2-3-4-5-18-6-9-20(10-7-18)21-11-12-22(23(28)17-21)26(30,31)35-15-14-19-8-13-25(24(29)16-19)36-27(32,33)34/h8,11-13,16-18,20H,2-7,9-10,14-15H2,1H3/t18-,20-. The molecule has 9 heteroatoms. The summed E-state index contributed by atoms with van der Waals surface area (Å²) < 4.78 is 102. The van der Waals surface area contributed by atoms with Crippen molar-refractivity contribution in [2.75, 3.05) is 6.61 Å². The molecule has 2 aromatic rings. The second-order valence-electron chi connectivity index (χ2n) is 9.38. The van der Waals surface area contributed by atoms with E-state index in [9.17, 15) is 30.7 Å². The Kier molecular flexibility index (Phi) is 9.66. The highest BCUT2D eigenvalue weighted by Crippen LogP contribution is 2.40. The van der Waals surface area contributed by atoms with Crippen LogP contribution in [0.5, 0.6) is 5.75 Å². The molecule has 0 radical (unpaired) electrons. The molecule has 0 heterocycles. The molecule has 1 fully saturated rings. The van der Waals surface area contributed by atoms with E-state index in [4.69, 9.17) is 0 Å². The van der Waals surface area contributed by atoms with Gasteiger partial charge in [0, 0.05) is 0 Å². The first-order chi connectivity index (χ1) is 17.0. The third-order valence-electron chi connectivity index (χ3n) is 6.74. The molecule has 200 valence electrons. The van der Waals surface area contributed by atoms with Gasteiger partial charge in [-0.2, -0.15) is 8.78 Å². The maximum atomic E-state index is 14.7. The van der Waals surface area contributed by atoms with Gasteiger partial charge in [0.25, 0.3) is 0 Å². The van der Waals surface area contributed by atoms with Crippen LogP contribution in [0, 0.1) is 17.6 Å². The second-order valence-corrected chi connectivity index (χ2v) is 9.38. The van der Waals surface area contributed by atoms with Crippen LogP contribution in [-0.2, 0) is 17.3 Å². The average Bonchev–Trinajstić information content (AvgIpc) is 2.80. The number of hydrogen-bond acceptors (Lipinski definition) is 2. The number of halogens is 7. The van der Waals surface area contributed by atoms with Crippen molar-refractivity contribution in [2.45, 2.75) is 83.1 Å². The average molecular weight is 521 g/mol. The van der Waals surface area contributed by atoms with Crippen LogP contribution in [0.1, 0.15) is 80.9 Å². The molecule has 0 saturated heterocycles. The van der Waals surface area contributed by atoms with E-state index in [1.807, 2.05) is 0 Å². The molecule has 2 nitrogen and oxygen atoms in total. The Labute approximate surface area is 206 Å². The Morgan fingerprint density at radius 2 is 1.58 bits per heavy atom. The number of unbranched alkanes of at least 4 members (excludes halogenated alkanes) is 2. The predicted octanol–water partition coefficient (Wildman–Crippen LogP) is 9.03. The highest BCUT2D eigenvalue weighted by Gasteiger charge is 2.37. The number of alkyl halides is 5. The van der Waals surface area contributed by atoms with E-state index in [2.05, 4.69) is 16.4 Å². The molecule has 1 aliphatic carbocycles. The Morgan fingerprint density at radius 1 is 0.861 bits per heavy atom. The molecular weight excluding hydrogens is 489 g/mol. The van der Waals surface area contributed by atoms with Gasteiger partial charge in [0.05, 0.1) is 12.2 Å². The summed E-state index contributed by atoms with van der Waals surface area (Å²) in [5.74, 6) is -2.54. The van der Waals surface area contributed by atoms with Crippen LogP contribution in [0.2, 0.25) is 0 Å². The first-order valence-electron chi connectivity index (χ1n) is 12.3. The van der Waals surface area contributed by atoms with Crippen molar-refractivity contribution in [1.82, 2.24) is 0 Å². The zero-order chi connectivity index (χ0) is 26.3. The molecule has 1 saturated carbocycles. The number of ether oxygens (including phenoxy) is 2. The van der Waals surface area contributed by atoms with Gasteiger partial charge in [0.15, 0.2) is 11.6 Å². The first-order valence-corrected chi connectivity index (χ1v) is 12.3. The van der Waals surface area contributed by atoms with Crippen molar-refractivity contribution in [2.24, 2.45) is 5.92 Å². The summed E-state index contributed by atoms with van der Waals surface area (Å²) in [6.07, 6.45) is -0.436. The minimum Gasteiger partial charge on any atom is -0.403 e. The third-order valence-corrected chi connectivity index (χ3v) is 6.74. The quantitative estimate of drug-likeness (QED) is 0.217. The molecule has 0 unspecified atom stereocenters. The van der Waals surface area contributed by atoms with Crippen LogP contribution in [0.4, 0.5) is 30.7 Å². The molecule has 0 aliphatic heterocycles. The minimum absolute atomic E-state index is 0.124. The highest BCUT2D eigenvalue weighted by atomic mass is 19.4. The van der Waals surface area contributed by atoms with Gasteiger partial charge in [0.2, 0.25) is 0 Å². The van der Waals surface area contributed by atoms with E-state index in [1.54, 1.807) is 0 Å². The van der Waals surface area contributed by atoms with Crippen LogP contribution < -0.4 is 4.74 Å². The fourth-order valence-corrected chi connectivity index (χ4v) is 4.77. The number of rotatable bonds is 11. The minimum atomic E-state index is -5.05. The molecule has 3 rings (SSSR count). The van der Waals surface area contributed by atoms with Crippen molar-refractivity contribution >= 4 is 0 Å². The second kappa shape index (κ2) is 12.3. The number of hydrogen-bond donors (Lipinski definition) is 0. The van der Waals surface area contributed by atoms with Crippen molar-refractivity contribution in [1.29, 1.82) is 0 Å². The van der Waals surface area contributed by atoms with Gasteiger partial charge in [-0.3, -0.25) is 0 Å². The molecule has 1 aliphatic rings. The van der Waals surface area contributed by atoms with Crippen LogP contribution in [0.3, 0.4) is 0 Å². The fraction of sp³-hybridized carbons (Fsp3) is 0.556. The van der Waals surface area contributed by atoms with Crippen LogP contribution in [-0.4, -0.2) is 13.0 Å². The van der Waals surface area contributed by atoms with E-state index < -0.39 is 42.0 Å². The zero-order valence-corrected chi connectivity index (χ0v) is 20.2. The maximum Gasteiger partial charge on any atom is 0.573 e. The molecule has 2 aromatic carbocycles. The Bertz CT molecular complexity index is 983. The summed E-state index contributed by atoms with van der Waals surface area (Å²) >= 11 is 0. The summed E-state index contributed by atoms with van der Waals surface area (Å²) in [6, 6.07) is 6.33. The molecule has 0 aromatic heterocycles. The summed E-state index contributed by atoms with van der Waals surface area (Å²) in [6.45, 7) is 1.57. The van der Waals surface area contributed by atoms with E-state index in [0.29, 0.717) is 11.5 Å². The number of benzene rings is 2. The molecular formula is C27H31F7O2. The normalized spacial score (nSPS) is 18.9. The molecule has 36 heavy (non-hydrogen) atoms. The fourth-order valence-electron chi connectivity index (χ4n) is 4.77. The Morgan fingerprint density at radius 3 is 2.19 bits per heavy atom.